The van der Waals surface area contributed by atoms with E-state index in [9.17, 15) is 19.5 Å². The predicted octanol–water partition coefficient (Wildman–Crippen LogP) is 2.81. The molecular formula is C16H15NO4S2. The minimum Gasteiger partial charge on any atom is -0.480 e. The van der Waals surface area contributed by atoms with Crippen LogP contribution in [-0.4, -0.2) is 38.5 Å². The number of thioether (sulfide) groups is 1. The molecule has 1 fully saturated rings. The van der Waals surface area contributed by atoms with Crippen molar-refractivity contribution < 1.29 is 19.5 Å². The van der Waals surface area contributed by atoms with Gasteiger partial charge in [-0.2, -0.15) is 0 Å². The second-order valence-corrected chi connectivity index (χ2v) is 7.04. The molecule has 1 unspecified atom stereocenters. The van der Waals surface area contributed by atoms with Crippen LogP contribution in [0.15, 0.2) is 29.2 Å². The standard InChI is InChI=1S/C16H15NO4S2/c1-9(2)13(15(20)21)17-14(19)12(23-16(17)22)7-10-3-5-11(8-18)6-4-10/h3-9,13H,1-2H3,(H,20,21). The number of rotatable bonds is 5. The fourth-order valence-electron chi connectivity index (χ4n) is 2.24. The zero-order chi connectivity index (χ0) is 17.1. The van der Waals surface area contributed by atoms with Crippen molar-refractivity contribution in [3.05, 3.63) is 40.3 Å². The van der Waals surface area contributed by atoms with Gasteiger partial charge in [0.2, 0.25) is 0 Å². The van der Waals surface area contributed by atoms with Crippen LogP contribution in [0.3, 0.4) is 0 Å². The summed E-state index contributed by atoms with van der Waals surface area (Å²) in [5.41, 5.74) is 1.29. The van der Waals surface area contributed by atoms with Crippen LogP contribution in [0, 0.1) is 5.92 Å². The molecule has 1 N–H and O–H groups in total. The Hall–Kier alpha value is -1.99. The molecule has 1 aromatic rings. The lowest BCUT2D eigenvalue weighted by molar-refractivity contribution is -0.146. The quantitative estimate of drug-likeness (QED) is 0.500. The Balaban J connectivity index is 2.31. The first-order valence-corrected chi connectivity index (χ1v) is 8.12. The molecule has 1 aromatic carbocycles. The number of carbonyl (C=O) groups excluding carboxylic acids is 2. The van der Waals surface area contributed by atoms with Gasteiger partial charge in [0.05, 0.1) is 4.91 Å². The van der Waals surface area contributed by atoms with Crippen molar-refractivity contribution in [1.82, 2.24) is 4.90 Å². The van der Waals surface area contributed by atoms with E-state index in [1.54, 1.807) is 44.2 Å². The van der Waals surface area contributed by atoms with Gasteiger partial charge in [-0.1, -0.05) is 62.1 Å². The summed E-state index contributed by atoms with van der Waals surface area (Å²) in [6.07, 6.45) is 2.39. The number of nitrogens with zero attached hydrogens (tertiary/aromatic N) is 1. The first kappa shape index (κ1) is 17.4. The van der Waals surface area contributed by atoms with Crippen molar-refractivity contribution in [2.75, 3.05) is 0 Å². The summed E-state index contributed by atoms with van der Waals surface area (Å²) in [7, 11) is 0. The highest BCUT2D eigenvalue weighted by Crippen LogP contribution is 2.35. The molecule has 1 aliphatic rings. The van der Waals surface area contributed by atoms with Gasteiger partial charge in [0, 0.05) is 5.56 Å². The van der Waals surface area contributed by atoms with E-state index in [0.29, 0.717) is 10.5 Å². The molecule has 0 radical (unpaired) electrons. The van der Waals surface area contributed by atoms with E-state index in [1.165, 1.54) is 4.90 Å². The molecule has 120 valence electrons. The van der Waals surface area contributed by atoms with Crippen LogP contribution in [0.2, 0.25) is 0 Å². The van der Waals surface area contributed by atoms with Crippen LogP contribution < -0.4 is 0 Å². The fraction of sp³-hybridized carbons (Fsp3) is 0.250. The summed E-state index contributed by atoms with van der Waals surface area (Å²) in [6, 6.07) is 5.74. The van der Waals surface area contributed by atoms with Crippen LogP contribution in [0.4, 0.5) is 0 Å². The summed E-state index contributed by atoms with van der Waals surface area (Å²) in [6.45, 7) is 3.47. The zero-order valence-electron chi connectivity index (χ0n) is 12.6. The smallest absolute Gasteiger partial charge is 0.327 e. The molecule has 0 aromatic heterocycles. The summed E-state index contributed by atoms with van der Waals surface area (Å²) in [4.78, 5) is 36.2. The molecule has 1 atom stereocenters. The molecule has 23 heavy (non-hydrogen) atoms. The lowest BCUT2D eigenvalue weighted by Crippen LogP contribution is -2.47. The molecule has 0 spiro atoms. The second kappa shape index (κ2) is 7.06. The third-order valence-corrected chi connectivity index (χ3v) is 4.69. The Morgan fingerprint density at radius 2 is 1.83 bits per heavy atom. The minimum atomic E-state index is -1.08. The third-order valence-electron chi connectivity index (χ3n) is 3.36. The van der Waals surface area contributed by atoms with Crippen molar-refractivity contribution in [3.8, 4) is 0 Å². The number of aldehydes is 1. The third kappa shape index (κ3) is 3.68. The summed E-state index contributed by atoms with van der Waals surface area (Å²) >= 11 is 6.27. The highest BCUT2D eigenvalue weighted by atomic mass is 32.2. The largest absolute Gasteiger partial charge is 0.480 e. The average molecular weight is 349 g/mol. The number of carboxylic acids is 1. The molecule has 5 nitrogen and oxygen atoms in total. The maximum Gasteiger partial charge on any atom is 0.327 e. The normalized spacial score (nSPS) is 17.9. The van der Waals surface area contributed by atoms with E-state index in [1.807, 2.05) is 0 Å². The zero-order valence-corrected chi connectivity index (χ0v) is 14.2. The molecule has 1 saturated heterocycles. The Bertz CT molecular complexity index is 695. The number of carboxylic acid groups (broad SMARTS) is 1. The van der Waals surface area contributed by atoms with Gasteiger partial charge in [-0.15, -0.1) is 0 Å². The molecule has 7 heteroatoms. The summed E-state index contributed by atoms with van der Waals surface area (Å²) in [5, 5.41) is 9.36. The van der Waals surface area contributed by atoms with Crippen molar-refractivity contribution in [2.45, 2.75) is 19.9 Å². The Labute approximate surface area is 143 Å². The van der Waals surface area contributed by atoms with E-state index < -0.39 is 17.9 Å². The SMILES string of the molecule is CC(C)C(C(=O)O)N1C(=O)C(=Cc2ccc(C=O)cc2)SC1=S. The van der Waals surface area contributed by atoms with E-state index >= 15 is 0 Å². The average Bonchev–Trinajstić information content (AvgIpc) is 2.75. The van der Waals surface area contributed by atoms with E-state index in [-0.39, 0.29) is 10.2 Å². The number of carbonyl (C=O) groups is 3. The van der Waals surface area contributed by atoms with Gasteiger partial charge in [0.25, 0.3) is 5.91 Å². The van der Waals surface area contributed by atoms with Gasteiger partial charge in [0.15, 0.2) is 0 Å². The van der Waals surface area contributed by atoms with Crippen molar-refractivity contribution in [2.24, 2.45) is 5.92 Å². The number of hydrogen-bond acceptors (Lipinski definition) is 5. The molecule has 1 aliphatic heterocycles. The van der Waals surface area contributed by atoms with Crippen molar-refractivity contribution in [1.29, 1.82) is 0 Å². The van der Waals surface area contributed by atoms with Crippen LogP contribution in [0.1, 0.15) is 29.8 Å². The number of hydrogen-bond donors (Lipinski definition) is 1. The van der Waals surface area contributed by atoms with Crippen molar-refractivity contribution in [3.63, 3.8) is 0 Å². The lowest BCUT2D eigenvalue weighted by atomic mass is 10.0. The number of thiocarbonyl (C=S) groups is 1. The predicted molar refractivity (Wildman–Crippen MR) is 93.1 cm³/mol. The van der Waals surface area contributed by atoms with Crippen LogP contribution in [0.5, 0.6) is 0 Å². The van der Waals surface area contributed by atoms with Crippen LogP contribution in [-0.2, 0) is 9.59 Å². The van der Waals surface area contributed by atoms with Crippen LogP contribution >= 0.6 is 24.0 Å². The Morgan fingerprint density at radius 3 is 2.30 bits per heavy atom. The molecule has 1 heterocycles. The molecule has 2 rings (SSSR count). The molecule has 0 bridgehead atoms. The van der Waals surface area contributed by atoms with Crippen molar-refractivity contribution >= 4 is 52.5 Å². The fourth-order valence-corrected chi connectivity index (χ4v) is 3.56. The van der Waals surface area contributed by atoms with Gasteiger partial charge >= 0.3 is 5.97 Å². The monoisotopic (exact) mass is 349 g/mol. The van der Waals surface area contributed by atoms with Gasteiger partial charge in [-0.05, 0) is 17.6 Å². The maximum absolute atomic E-state index is 12.5. The van der Waals surface area contributed by atoms with Gasteiger partial charge < -0.3 is 5.11 Å². The Morgan fingerprint density at radius 1 is 1.26 bits per heavy atom. The van der Waals surface area contributed by atoms with E-state index in [0.717, 1.165) is 23.6 Å². The van der Waals surface area contributed by atoms with E-state index in [2.05, 4.69) is 0 Å². The molecule has 0 saturated carbocycles. The molecular weight excluding hydrogens is 334 g/mol. The highest BCUT2D eigenvalue weighted by Gasteiger charge is 2.41. The second-order valence-electron chi connectivity index (χ2n) is 5.36. The summed E-state index contributed by atoms with van der Waals surface area (Å²) in [5.74, 6) is -1.74. The first-order chi connectivity index (χ1) is 10.8. The molecule has 1 amide bonds. The number of amides is 1. The number of benzene rings is 1. The lowest BCUT2D eigenvalue weighted by Gasteiger charge is -2.26. The Kier molecular flexibility index (Phi) is 5.33. The topological polar surface area (TPSA) is 74.7 Å². The highest BCUT2D eigenvalue weighted by molar-refractivity contribution is 8.26. The van der Waals surface area contributed by atoms with Gasteiger partial charge in [0.1, 0.15) is 16.6 Å². The minimum absolute atomic E-state index is 0.242. The maximum atomic E-state index is 12.5. The number of aliphatic carboxylic acids is 1. The van der Waals surface area contributed by atoms with Gasteiger partial charge in [-0.3, -0.25) is 14.5 Å². The van der Waals surface area contributed by atoms with Gasteiger partial charge in [-0.25, -0.2) is 4.79 Å². The van der Waals surface area contributed by atoms with E-state index in [4.69, 9.17) is 12.2 Å². The summed E-state index contributed by atoms with van der Waals surface area (Å²) < 4.78 is 0.242. The molecule has 0 aliphatic carbocycles. The van der Waals surface area contributed by atoms with Crippen LogP contribution in [0.25, 0.3) is 6.08 Å². The first-order valence-electron chi connectivity index (χ1n) is 6.90.